The first-order chi connectivity index (χ1) is 21.2. The lowest BCUT2D eigenvalue weighted by molar-refractivity contribution is -0.217. The summed E-state index contributed by atoms with van der Waals surface area (Å²) in [6, 6.07) is 9.74. The van der Waals surface area contributed by atoms with E-state index in [0.717, 1.165) is 0 Å². The minimum atomic E-state index is -1.51. The Morgan fingerprint density at radius 2 is 1.18 bits per heavy atom. The van der Waals surface area contributed by atoms with E-state index in [-0.39, 0.29) is 49.9 Å². The number of ether oxygens (including phenoxy) is 8. The smallest absolute Gasteiger partial charge is 0.493 e. The highest BCUT2D eigenvalue weighted by molar-refractivity contribution is 5.84. The molecule has 44 heavy (non-hydrogen) atoms. The monoisotopic (exact) mass is 618 g/mol. The molecule has 0 aliphatic carbocycles. The molecular formula is C30H38N2O12. The van der Waals surface area contributed by atoms with Crippen molar-refractivity contribution in [2.24, 2.45) is 10.2 Å². The fraction of sp³-hybridized carbons (Fsp3) is 0.433. The van der Waals surface area contributed by atoms with Crippen molar-refractivity contribution in [1.29, 1.82) is 0 Å². The van der Waals surface area contributed by atoms with Gasteiger partial charge in [0.2, 0.25) is 0 Å². The summed E-state index contributed by atoms with van der Waals surface area (Å²) in [6.45, 7) is 2.03. The van der Waals surface area contributed by atoms with E-state index in [1.807, 2.05) is 0 Å². The summed E-state index contributed by atoms with van der Waals surface area (Å²) in [5, 5.41) is 18.1. The van der Waals surface area contributed by atoms with Gasteiger partial charge in [0.05, 0.1) is 53.1 Å². The minimum absolute atomic E-state index is 0.116. The zero-order chi connectivity index (χ0) is 32.2. The van der Waals surface area contributed by atoms with Crippen LogP contribution in [0.5, 0.6) is 23.0 Å². The Balaban J connectivity index is 1.84. The number of methoxy groups -OCH3 is 2. The molecule has 14 heteroatoms. The van der Waals surface area contributed by atoms with Crippen LogP contribution in [0.15, 0.2) is 46.6 Å². The molecule has 0 saturated carbocycles. The average molecular weight is 619 g/mol. The number of carbonyl (C=O) groups is 3. The second-order valence-corrected chi connectivity index (χ2v) is 8.90. The van der Waals surface area contributed by atoms with Crippen molar-refractivity contribution in [2.75, 3.05) is 40.6 Å². The Kier molecular flexibility index (Phi) is 16.3. The fourth-order valence-electron chi connectivity index (χ4n) is 3.35. The van der Waals surface area contributed by atoms with Gasteiger partial charge in [0, 0.05) is 13.8 Å². The maximum Gasteiger partial charge on any atom is 0.513 e. The summed E-state index contributed by atoms with van der Waals surface area (Å²) in [4.78, 5) is 33.5. The van der Waals surface area contributed by atoms with Crippen molar-refractivity contribution in [3.63, 3.8) is 0 Å². The van der Waals surface area contributed by atoms with E-state index in [1.54, 1.807) is 30.3 Å². The van der Waals surface area contributed by atoms with Gasteiger partial charge in [-0.05, 0) is 73.2 Å². The number of hydrogen-bond acceptors (Lipinski definition) is 14. The van der Waals surface area contributed by atoms with Crippen molar-refractivity contribution < 1.29 is 57.4 Å². The largest absolute Gasteiger partial charge is 0.513 e. The molecule has 0 saturated heterocycles. The number of benzene rings is 2. The highest BCUT2D eigenvalue weighted by atomic mass is 16.8. The summed E-state index contributed by atoms with van der Waals surface area (Å²) >= 11 is 0. The third-order valence-corrected chi connectivity index (χ3v) is 5.45. The van der Waals surface area contributed by atoms with Crippen LogP contribution >= 0.6 is 0 Å². The van der Waals surface area contributed by atoms with Crippen molar-refractivity contribution in [2.45, 2.75) is 46.0 Å². The molecule has 1 N–H and O–H groups in total. The second kappa shape index (κ2) is 20.3. The standard InChI is InChI=1S/C30H38N2O12/c1-21(33)39-13-5-7-15-41-29(35)43-25-11-9-23(17-27(25)37-3)19-31-32-20-24-10-12-26(28(18-24)38-4)44-30(36)42-16-8-6-14-40-22(2)34/h9-12,17-20,29,35H,5-8,13-16H2,1-4H3/b31-19+,32-20+. The van der Waals surface area contributed by atoms with Crippen molar-refractivity contribution in [3.8, 4) is 23.0 Å². The van der Waals surface area contributed by atoms with Crippen LogP contribution in [-0.4, -0.2) is 82.8 Å². The third-order valence-electron chi connectivity index (χ3n) is 5.45. The lowest BCUT2D eigenvalue weighted by Crippen LogP contribution is -2.20. The first kappa shape index (κ1) is 35.5. The van der Waals surface area contributed by atoms with Gasteiger partial charge in [-0.25, -0.2) is 4.79 Å². The highest BCUT2D eigenvalue weighted by Crippen LogP contribution is 2.29. The number of aliphatic hydroxyl groups excluding tert-OH is 1. The third kappa shape index (κ3) is 14.5. The molecule has 2 aromatic carbocycles. The Bertz CT molecular complexity index is 1260. The summed E-state index contributed by atoms with van der Waals surface area (Å²) in [6.07, 6.45) is 4.34. The van der Waals surface area contributed by atoms with E-state index in [1.165, 1.54) is 46.6 Å². The molecule has 1 unspecified atom stereocenters. The molecule has 2 aromatic rings. The highest BCUT2D eigenvalue weighted by Gasteiger charge is 2.13. The second-order valence-electron chi connectivity index (χ2n) is 8.90. The van der Waals surface area contributed by atoms with Gasteiger partial charge in [-0.15, -0.1) is 0 Å². The van der Waals surface area contributed by atoms with Crippen LogP contribution in [0.3, 0.4) is 0 Å². The Hall–Kier alpha value is -4.69. The number of nitrogens with zero attached hydrogens (tertiary/aromatic N) is 2. The summed E-state index contributed by atoms with van der Waals surface area (Å²) in [5.74, 6) is 0.363. The molecule has 0 spiro atoms. The Morgan fingerprint density at radius 1 is 0.705 bits per heavy atom. The van der Waals surface area contributed by atoms with Gasteiger partial charge in [0.25, 0.3) is 0 Å². The predicted octanol–water partition coefficient (Wildman–Crippen LogP) is 4.03. The molecule has 0 heterocycles. The van der Waals surface area contributed by atoms with Gasteiger partial charge >= 0.3 is 24.6 Å². The summed E-state index contributed by atoms with van der Waals surface area (Å²) < 4.78 is 41.1. The van der Waals surface area contributed by atoms with Gasteiger partial charge in [-0.3, -0.25) is 9.59 Å². The molecule has 2 rings (SSSR count). The van der Waals surface area contributed by atoms with Gasteiger partial charge in [-0.2, -0.15) is 10.2 Å². The number of carbonyl (C=O) groups excluding carboxylic acids is 3. The molecule has 0 aromatic heterocycles. The van der Waals surface area contributed by atoms with E-state index in [9.17, 15) is 19.5 Å². The van der Waals surface area contributed by atoms with Crippen LogP contribution < -0.4 is 18.9 Å². The van der Waals surface area contributed by atoms with Crippen LogP contribution in [0.4, 0.5) is 4.79 Å². The van der Waals surface area contributed by atoms with Gasteiger partial charge in [-0.1, -0.05) is 0 Å². The molecule has 240 valence electrons. The molecule has 0 aliphatic rings. The van der Waals surface area contributed by atoms with E-state index in [4.69, 9.17) is 37.9 Å². The molecular weight excluding hydrogens is 580 g/mol. The van der Waals surface area contributed by atoms with Crippen LogP contribution in [-0.2, 0) is 28.5 Å². The average Bonchev–Trinajstić information content (AvgIpc) is 2.99. The summed E-state index contributed by atoms with van der Waals surface area (Å²) in [5.41, 5.74) is 1.28. The maximum atomic E-state index is 12.0. The van der Waals surface area contributed by atoms with Gasteiger partial charge in [0.1, 0.15) is 0 Å². The molecule has 14 nitrogen and oxygen atoms in total. The topological polar surface area (TPSA) is 170 Å². The van der Waals surface area contributed by atoms with Crippen LogP contribution in [0.2, 0.25) is 0 Å². The van der Waals surface area contributed by atoms with Gasteiger partial charge < -0.3 is 43.0 Å². The van der Waals surface area contributed by atoms with Crippen LogP contribution in [0, 0.1) is 0 Å². The predicted molar refractivity (Wildman–Crippen MR) is 157 cm³/mol. The van der Waals surface area contributed by atoms with Crippen molar-refractivity contribution >= 4 is 30.5 Å². The number of hydrogen-bond donors (Lipinski definition) is 1. The first-order valence-electron chi connectivity index (χ1n) is 13.7. The molecule has 0 aliphatic heterocycles. The molecule has 0 amide bonds. The zero-order valence-corrected chi connectivity index (χ0v) is 25.2. The van der Waals surface area contributed by atoms with Crippen LogP contribution in [0.25, 0.3) is 0 Å². The Labute approximate surface area is 255 Å². The first-order valence-corrected chi connectivity index (χ1v) is 13.7. The van der Waals surface area contributed by atoms with E-state index in [2.05, 4.69) is 10.2 Å². The van der Waals surface area contributed by atoms with E-state index in [0.29, 0.717) is 48.3 Å². The zero-order valence-electron chi connectivity index (χ0n) is 25.2. The maximum absolute atomic E-state index is 12.0. The van der Waals surface area contributed by atoms with E-state index < -0.39 is 12.6 Å². The van der Waals surface area contributed by atoms with Gasteiger partial charge in [0.15, 0.2) is 23.0 Å². The van der Waals surface area contributed by atoms with Crippen molar-refractivity contribution in [1.82, 2.24) is 0 Å². The lowest BCUT2D eigenvalue weighted by atomic mass is 10.2. The number of unbranched alkanes of at least 4 members (excludes halogenated alkanes) is 2. The molecule has 0 bridgehead atoms. The van der Waals surface area contributed by atoms with Crippen molar-refractivity contribution in [3.05, 3.63) is 47.5 Å². The summed E-state index contributed by atoms with van der Waals surface area (Å²) in [7, 11) is 2.89. The molecule has 1 atom stereocenters. The number of aliphatic hydroxyl groups is 1. The normalized spacial score (nSPS) is 11.7. The van der Waals surface area contributed by atoms with E-state index >= 15 is 0 Å². The Morgan fingerprint density at radius 3 is 1.70 bits per heavy atom. The lowest BCUT2D eigenvalue weighted by Gasteiger charge is -2.16. The van der Waals surface area contributed by atoms with Crippen LogP contribution in [0.1, 0.15) is 50.7 Å². The quantitative estimate of drug-likeness (QED) is 0.0457. The molecule has 0 radical (unpaired) electrons. The fourth-order valence-corrected chi connectivity index (χ4v) is 3.35. The molecule has 0 fully saturated rings. The number of rotatable bonds is 19. The SMILES string of the molecule is COc1cc(/C=N/N=C/c2ccc(OC(O)OCCCCOC(C)=O)c(OC)c2)ccc1OC(=O)OCCCCOC(C)=O. The minimum Gasteiger partial charge on any atom is -0.493 e. The number of esters is 2.